The zero-order chi connectivity index (χ0) is 24.5. The Morgan fingerprint density at radius 1 is 0.972 bits per heavy atom. The Morgan fingerprint density at radius 2 is 1.75 bits per heavy atom. The zero-order valence-corrected chi connectivity index (χ0v) is 20.2. The number of pyridine rings is 1. The molecule has 9 heteroatoms. The summed E-state index contributed by atoms with van der Waals surface area (Å²) in [5.74, 6) is 1.60. The van der Waals surface area contributed by atoms with E-state index < -0.39 is 0 Å². The summed E-state index contributed by atoms with van der Waals surface area (Å²) in [5.41, 5.74) is 4.59. The topological polar surface area (TPSA) is 94.9 Å². The second-order valence-electron chi connectivity index (χ2n) is 9.49. The Bertz CT molecular complexity index is 1240. The molecule has 0 saturated carbocycles. The number of rotatable bonds is 4. The van der Waals surface area contributed by atoms with Gasteiger partial charge in [0.05, 0.1) is 25.0 Å². The molecule has 3 aromatic rings. The van der Waals surface area contributed by atoms with E-state index in [4.69, 9.17) is 14.7 Å². The number of hydrogen-bond donors (Lipinski definition) is 1. The molecule has 0 radical (unpaired) electrons. The minimum atomic E-state index is -0.314. The third-order valence-electron chi connectivity index (χ3n) is 7.22. The van der Waals surface area contributed by atoms with Gasteiger partial charge in [0.2, 0.25) is 5.95 Å². The van der Waals surface area contributed by atoms with Crippen LogP contribution in [0.2, 0.25) is 0 Å². The minimum absolute atomic E-state index is 0.00117. The highest BCUT2D eigenvalue weighted by Crippen LogP contribution is 2.39. The first kappa shape index (κ1) is 22.9. The predicted molar refractivity (Wildman–Crippen MR) is 137 cm³/mol. The van der Waals surface area contributed by atoms with Gasteiger partial charge in [-0.15, -0.1) is 0 Å². The number of anilines is 3. The van der Waals surface area contributed by atoms with Crippen molar-refractivity contribution in [2.75, 3.05) is 55.7 Å². The van der Waals surface area contributed by atoms with Crippen LogP contribution < -0.4 is 9.80 Å². The zero-order valence-electron chi connectivity index (χ0n) is 20.2. The van der Waals surface area contributed by atoms with Gasteiger partial charge in [-0.2, -0.15) is 4.98 Å². The van der Waals surface area contributed by atoms with Crippen LogP contribution in [0, 0.1) is 0 Å². The molecule has 0 aliphatic carbocycles. The number of aromatic nitrogens is 3. The number of piperidine rings is 1. The lowest BCUT2D eigenvalue weighted by molar-refractivity contribution is 0.0546. The number of benzene rings is 1. The highest BCUT2D eigenvalue weighted by molar-refractivity contribution is 5.95. The summed E-state index contributed by atoms with van der Waals surface area (Å²) >= 11 is 0. The summed E-state index contributed by atoms with van der Waals surface area (Å²) in [5, 5.41) is 9.83. The molecule has 6 rings (SSSR count). The largest absolute Gasteiger partial charge is 0.393 e. The van der Waals surface area contributed by atoms with Gasteiger partial charge < -0.3 is 24.5 Å². The maximum Gasteiger partial charge on any atom is 0.253 e. The highest BCUT2D eigenvalue weighted by Gasteiger charge is 2.30. The highest BCUT2D eigenvalue weighted by atomic mass is 16.5. The number of likely N-dealkylation sites (tertiary alicyclic amines) is 1. The molecular weight excluding hydrogens is 456 g/mol. The maximum absolute atomic E-state index is 13.3. The van der Waals surface area contributed by atoms with Crippen molar-refractivity contribution in [1.29, 1.82) is 0 Å². The molecule has 186 valence electrons. The maximum atomic E-state index is 13.3. The van der Waals surface area contributed by atoms with Crippen molar-refractivity contribution in [3.8, 4) is 11.3 Å². The van der Waals surface area contributed by atoms with Gasteiger partial charge in [0, 0.05) is 67.5 Å². The molecule has 9 nitrogen and oxygen atoms in total. The first-order valence-corrected chi connectivity index (χ1v) is 12.7. The summed E-state index contributed by atoms with van der Waals surface area (Å²) in [6.07, 6.45) is 5.35. The first-order chi connectivity index (χ1) is 17.7. The van der Waals surface area contributed by atoms with Crippen molar-refractivity contribution < 1.29 is 14.6 Å². The van der Waals surface area contributed by atoms with Gasteiger partial charge in [0.25, 0.3) is 5.91 Å². The number of ether oxygens (including phenoxy) is 1. The molecule has 5 heterocycles. The van der Waals surface area contributed by atoms with Gasteiger partial charge >= 0.3 is 0 Å². The third kappa shape index (κ3) is 4.40. The summed E-state index contributed by atoms with van der Waals surface area (Å²) in [4.78, 5) is 33.7. The normalized spacial score (nSPS) is 18.4. The molecule has 2 fully saturated rings. The Hall–Kier alpha value is -3.56. The van der Waals surface area contributed by atoms with E-state index in [1.165, 1.54) is 0 Å². The van der Waals surface area contributed by atoms with Crippen LogP contribution in [0.1, 0.15) is 28.8 Å². The van der Waals surface area contributed by atoms with Gasteiger partial charge in [0.15, 0.2) is 0 Å². The molecule has 0 atom stereocenters. The second-order valence-corrected chi connectivity index (χ2v) is 9.49. The molecule has 1 aromatic carbocycles. The molecule has 2 aromatic heterocycles. The van der Waals surface area contributed by atoms with Crippen LogP contribution in [0.4, 0.5) is 17.5 Å². The Labute approximate surface area is 210 Å². The number of fused-ring (bicyclic) bond motifs is 1. The van der Waals surface area contributed by atoms with Crippen molar-refractivity contribution in [1.82, 2.24) is 19.9 Å². The van der Waals surface area contributed by atoms with Crippen LogP contribution in [-0.2, 0) is 11.2 Å². The Kier molecular flexibility index (Phi) is 6.25. The van der Waals surface area contributed by atoms with Gasteiger partial charge in [-0.3, -0.25) is 9.78 Å². The van der Waals surface area contributed by atoms with Crippen LogP contribution in [0.5, 0.6) is 0 Å². The third-order valence-corrected chi connectivity index (χ3v) is 7.22. The fraction of sp³-hybridized carbons (Fsp3) is 0.407. The Morgan fingerprint density at radius 3 is 2.53 bits per heavy atom. The van der Waals surface area contributed by atoms with E-state index in [-0.39, 0.29) is 12.0 Å². The standard InChI is InChI=1S/C27H30N6O3/c34-22-6-11-31(12-7-22)26(35)20-3-1-2-19(18-20)24-23-8-13-33(21-4-9-28-10-5-21)25(23)30-27(29-24)32-14-16-36-17-15-32/h1-5,9-10,18,22,34H,6-8,11-17H2. The van der Waals surface area contributed by atoms with Crippen LogP contribution in [0.25, 0.3) is 11.3 Å². The molecule has 3 aliphatic rings. The average Bonchev–Trinajstić information content (AvgIpc) is 3.38. The summed E-state index contributed by atoms with van der Waals surface area (Å²) in [6.45, 7) is 4.75. The van der Waals surface area contributed by atoms with Gasteiger partial charge in [-0.25, -0.2) is 4.98 Å². The lowest BCUT2D eigenvalue weighted by Crippen LogP contribution is -2.40. The monoisotopic (exact) mass is 486 g/mol. The van der Waals surface area contributed by atoms with Crippen LogP contribution in [0.3, 0.4) is 0 Å². The van der Waals surface area contributed by atoms with Crippen molar-refractivity contribution in [2.45, 2.75) is 25.4 Å². The van der Waals surface area contributed by atoms with Crippen molar-refractivity contribution >= 4 is 23.4 Å². The number of amides is 1. The van der Waals surface area contributed by atoms with E-state index in [2.05, 4.69) is 14.8 Å². The lowest BCUT2D eigenvalue weighted by Gasteiger charge is -2.30. The summed E-state index contributed by atoms with van der Waals surface area (Å²) in [6, 6.07) is 11.8. The van der Waals surface area contributed by atoms with Gasteiger partial charge in [-0.1, -0.05) is 12.1 Å². The average molecular weight is 487 g/mol. The fourth-order valence-electron chi connectivity index (χ4n) is 5.21. The summed E-state index contributed by atoms with van der Waals surface area (Å²) in [7, 11) is 0. The van der Waals surface area contributed by atoms with Gasteiger partial charge in [0.1, 0.15) is 5.82 Å². The number of morpholine rings is 1. The first-order valence-electron chi connectivity index (χ1n) is 12.7. The number of carbonyl (C=O) groups is 1. The summed E-state index contributed by atoms with van der Waals surface area (Å²) < 4.78 is 5.55. The van der Waals surface area contributed by atoms with Crippen LogP contribution in [0.15, 0.2) is 48.8 Å². The molecule has 1 amide bonds. The molecule has 36 heavy (non-hydrogen) atoms. The van der Waals surface area contributed by atoms with E-state index in [0.717, 1.165) is 54.4 Å². The van der Waals surface area contributed by atoms with E-state index in [9.17, 15) is 9.90 Å². The van der Waals surface area contributed by atoms with Crippen molar-refractivity contribution in [3.05, 3.63) is 59.9 Å². The molecule has 0 unspecified atom stereocenters. The fourth-order valence-corrected chi connectivity index (χ4v) is 5.21. The van der Waals surface area contributed by atoms with E-state index in [0.29, 0.717) is 50.7 Å². The van der Waals surface area contributed by atoms with Crippen LogP contribution >= 0.6 is 0 Å². The molecule has 2 saturated heterocycles. The molecular formula is C27H30N6O3. The quantitative estimate of drug-likeness (QED) is 0.602. The molecule has 0 bridgehead atoms. The minimum Gasteiger partial charge on any atom is -0.393 e. The molecule has 3 aliphatic heterocycles. The predicted octanol–water partition coefficient (Wildman–Crippen LogP) is 2.67. The van der Waals surface area contributed by atoms with Crippen LogP contribution in [-0.4, -0.2) is 82.9 Å². The smallest absolute Gasteiger partial charge is 0.253 e. The van der Waals surface area contributed by atoms with E-state index in [1.54, 1.807) is 12.4 Å². The number of nitrogens with zero attached hydrogens (tertiary/aromatic N) is 6. The SMILES string of the molecule is O=C(c1cccc(-c2nc(N3CCOCC3)nc3c2CCN3c2ccncc2)c1)N1CCC(O)CC1. The van der Waals surface area contributed by atoms with E-state index >= 15 is 0 Å². The second kappa shape index (κ2) is 9.83. The Balaban J connectivity index is 1.40. The molecule has 0 spiro atoms. The van der Waals surface area contributed by atoms with E-state index in [1.807, 2.05) is 41.3 Å². The van der Waals surface area contributed by atoms with Crippen molar-refractivity contribution in [2.24, 2.45) is 0 Å². The number of aliphatic hydroxyl groups excluding tert-OH is 1. The number of aliphatic hydroxyl groups is 1. The number of carbonyl (C=O) groups excluding carboxylic acids is 1. The van der Waals surface area contributed by atoms with Crippen molar-refractivity contribution in [3.63, 3.8) is 0 Å². The number of hydrogen-bond acceptors (Lipinski definition) is 8. The lowest BCUT2D eigenvalue weighted by atomic mass is 10.0. The molecule has 1 N–H and O–H groups in total. The van der Waals surface area contributed by atoms with Gasteiger partial charge in [-0.05, 0) is 43.5 Å².